The van der Waals surface area contributed by atoms with E-state index in [0.29, 0.717) is 16.7 Å². The number of benzene rings is 2. The Morgan fingerprint density at radius 3 is 2.58 bits per heavy atom. The Morgan fingerprint density at radius 2 is 1.83 bits per heavy atom. The van der Waals surface area contributed by atoms with Gasteiger partial charge < -0.3 is 15.3 Å². The van der Waals surface area contributed by atoms with Gasteiger partial charge in [-0.25, -0.2) is 0 Å². The Bertz CT molecular complexity index is 910. The second kappa shape index (κ2) is 4.75. The molecule has 2 aromatic rings. The predicted molar refractivity (Wildman–Crippen MR) is 85.3 cm³/mol. The van der Waals surface area contributed by atoms with E-state index >= 15 is 0 Å². The number of phenolic OH excluding ortho intramolecular Hbond substituents is 1. The van der Waals surface area contributed by atoms with Crippen molar-refractivity contribution in [2.75, 3.05) is 0 Å². The first-order valence-corrected chi connectivity index (χ1v) is 7.76. The van der Waals surface area contributed by atoms with Gasteiger partial charge in [0.2, 0.25) is 0 Å². The Morgan fingerprint density at radius 1 is 1.08 bits per heavy atom. The van der Waals surface area contributed by atoms with E-state index in [1.54, 1.807) is 31.2 Å². The van der Waals surface area contributed by atoms with E-state index in [-0.39, 0.29) is 41.1 Å². The molecule has 0 fully saturated rings. The first kappa shape index (κ1) is 15.1. The lowest BCUT2D eigenvalue weighted by molar-refractivity contribution is 0.0407. The van der Waals surface area contributed by atoms with Gasteiger partial charge in [-0.05, 0) is 24.1 Å². The van der Waals surface area contributed by atoms with E-state index in [9.17, 15) is 24.9 Å². The van der Waals surface area contributed by atoms with Crippen LogP contribution in [0.4, 0.5) is 0 Å². The number of carbonyl (C=O) groups excluding carboxylic acids is 2. The molecule has 4 rings (SSSR count). The van der Waals surface area contributed by atoms with Crippen molar-refractivity contribution in [2.45, 2.75) is 31.5 Å². The number of aromatic hydroxyl groups is 1. The second-order valence-corrected chi connectivity index (χ2v) is 6.81. The summed E-state index contributed by atoms with van der Waals surface area (Å²) in [5, 5.41) is 31.0. The fourth-order valence-electron chi connectivity index (χ4n) is 3.85. The van der Waals surface area contributed by atoms with Crippen molar-refractivity contribution in [2.24, 2.45) is 0 Å². The van der Waals surface area contributed by atoms with Crippen molar-refractivity contribution in [1.82, 2.24) is 0 Å². The first-order valence-electron chi connectivity index (χ1n) is 7.76. The average molecular weight is 324 g/mol. The predicted octanol–water partition coefficient (Wildman–Crippen LogP) is 1.90. The van der Waals surface area contributed by atoms with Crippen LogP contribution in [0.2, 0.25) is 0 Å². The maximum atomic E-state index is 12.8. The first-order chi connectivity index (χ1) is 11.3. The number of fused-ring (bicyclic) bond motifs is 4. The van der Waals surface area contributed by atoms with E-state index in [0.717, 1.165) is 0 Å². The Labute approximate surface area is 138 Å². The number of phenols is 1. The van der Waals surface area contributed by atoms with Gasteiger partial charge in [-0.15, -0.1) is 0 Å². The van der Waals surface area contributed by atoms with Gasteiger partial charge in [-0.2, -0.15) is 0 Å². The third-order valence-electron chi connectivity index (χ3n) is 4.84. The summed E-state index contributed by atoms with van der Waals surface area (Å²) in [5.41, 5.74) is 0.720. The van der Waals surface area contributed by atoms with Crippen LogP contribution >= 0.6 is 0 Å². The number of hydrogen-bond acceptors (Lipinski definition) is 5. The van der Waals surface area contributed by atoms with Crippen LogP contribution < -0.4 is 0 Å². The normalized spacial score (nSPS) is 25.0. The highest BCUT2D eigenvalue weighted by molar-refractivity contribution is 6.16. The minimum Gasteiger partial charge on any atom is -0.507 e. The minimum atomic E-state index is -1.17. The molecule has 0 amide bonds. The van der Waals surface area contributed by atoms with Crippen LogP contribution in [0.1, 0.15) is 62.4 Å². The van der Waals surface area contributed by atoms with Crippen LogP contribution in [0, 0.1) is 0 Å². The van der Waals surface area contributed by atoms with E-state index in [4.69, 9.17) is 0 Å². The molecule has 122 valence electrons. The summed E-state index contributed by atoms with van der Waals surface area (Å²) in [5.74, 6) is -0.876. The van der Waals surface area contributed by atoms with Crippen molar-refractivity contribution in [3.05, 3.63) is 63.7 Å². The molecule has 5 heteroatoms. The standard InChI is InChI=1S/C19H16O5/c1-19(24)7-9-5-6-11-16(14(9)13(21)8-19)18(23)10-3-2-4-12(20)15(10)17(11)22/h2-6,18,20,23-24H,7-8H2,1H3/t18?,19-/m1/s1. The lowest BCUT2D eigenvalue weighted by atomic mass is 9.73. The molecule has 5 nitrogen and oxygen atoms in total. The zero-order valence-electron chi connectivity index (χ0n) is 13.0. The fourth-order valence-corrected chi connectivity index (χ4v) is 3.85. The van der Waals surface area contributed by atoms with Crippen LogP contribution in [-0.2, 0) is 6.42 Å². The largest absolute Gasteiger partial charge is 0.507 e. The molecule has 0 bridgehead atoms. The SMILES string of the molecule is C[C@]1(O)CC(=O)c2c(ccc3c2C(O)c2cccc(O)c2C3=O)C1. The molecule has 3 N–H and O–H groups in total. The van der Waals surface area contributed by atoms with E-state index in [1.807, 2.05) is 0 Å². The summed E-state index contributed by atoms with van der Waals surface area (Å²) in [6.45, 7) is 1.60. The summed E-state index contributed by atoms with van der Waals surface area (Å²) < 4.78 is 0. The van der Waals surface area contributed by atoms with Gasteiger partial charge in [0.1, 0.15) is 11.9 Å². The molecule has 2 atom stereocenters. The van der Waals surface area contributed by atoms with Gasteiger partial charge in [0.05, 0.1) is 11.2 Å². The Kier molecular flexibility index (Phi) is 2.98. The highest BCUT2D eigenvalue weighted by atomic mass is 16.3. The minimum absolute atomic E-state index is 0.0513. The fraction of sp³-hybridized carbons (Fsp3) is 0.263. The number of ketones is 2. The molecule has 2 aromatic carbocycles. The highest BCUT2D eigenvalue weighted by Gasteiger charge is 2.40. The van der Waals surface area contributed by atoms with Gasteiger partial charge >= 0.3 is 0 Å². The number of carbonyl (C=O) groups is 2. The smallest absolute Gasteiger partial charge is 0.197 e. The molecular formula is C19H16O5. The summed E-state index contributed by atoms with van der Waals surface area (Å²) in [6, 6.07) is 7.73. The third-order valence-corrected chi connectivity index (χ3v) is 4.84. The molecule has 0 saturated heterocycles. The molecule has 1 unspecified atom stereocenters. The molecule has 0 radical (unpaired) electrons. The van der Waals surface area contributed by atoms with Crippen molar-refractivity contribution >= 4 is 11.6 Å². The molecule has 0 aromatic heterocycles. The van der Waals surface area contributed by atoms with Crippen molar-refractivity contribution in [3.63, 3.8) is 0 Å². The molecule has 2 aliphatic rings. The van der Waals surface area contributed by atoms with Gasteiger partial charge in [-0.3, -0.25) is 9.59 Å². The van der Waals surface area contributed by atoms with E-state index in [1.165, 1.54) is 6.07 Å². The number of aliphatic hydroxyl groups excluding tert-OH is 1. The molecule has 2 aliphatic carbocycles. The van der Waals surface area contributed by atoms with Crippen molar-refractivity contribution in [1.29, 1.82) is 0 Å². The molecule has 24 heavy (non-hydrogen) atoms. The summed E-state index contributed by atoms with van der Waals surface area (Å²) >= 11 is 0. The van der Waals surface area contributed by atoms with Crippen LogP contribution in [-0.4, -0.2) is 32.5 Å². The number of hydrogen-bond donors (Lipinski definition) is 3. The zero-order chi connectivity index (χ0) is 17.2. The number of aliphatic hydroxyl groups is 2. The zero-order valence-corrected chi connectivity index (χ0v) is 13.0. The number of rotatable bonds is 0. The maximum Gasteiger partial charge on any atom is 0.197 e. The maximum absolute atomic E-state index is 12.8. The quantitative estimate of drug-likeness (QED) is 0.688. The Hall–Kier alpha value is -2.50. The topological polar surface area (TPSA) is 94.8 Å². The van der Waals surface area contributed by atoms with Gasteiger partial charge in [-0.1, -0.05) is 24.3 Å². The van der Waals surface area contributed by atoms with E-state index in [2.05, 4.69) is 0 Å². The van der Waals surface area contributed by atoms with Crippen LogP contribution in [0.15, 0.2) is 30.3 Å². The van der Waals surface area contributed by atoms with Crippen molar-refractivity contribution < 1.29 is 24.9 Å². The average Bonchev–Trinajstić information content (AvgIpc) is 2.50. The van der Waals surface area contributed by atoms with Gasteiger partial charge in [0.25, 0.3) is 0 Å². The second-order valence-electron chi connectivity index (χ2n) is 6.81. The van der Waals surface area contributed by atoms with Crippen LogP contribution in [0.3, 0.4) is 0 Å². The number of Topliss-reactive ketones (excluding diaryl/α,β-unsaturated/α-hetero) is 1. The van der Waals surface area contributed by atoms with Crippen LogP contribution in [0.5, 0.6) is 5.75 Å². The summed E-state index contributed by atoms with van der Waals surface area (Å²) in [6.07, 6.45) is -0.930. The molecular weight excluding hydrogens is 308 g/mol. The van der Waals surface area contributed by atoms with E-state index < -0.39 is 17.5 Å². The third kappa shape index (κ3) is 1.95. The summed E-state index contributed by atoms with van der Waals surface area (Å²) in [4.78, 5) is 25.3. The summed E-state index contributed by atoms with van der Waals surface area (Å²) in [7, 11) is 0. The Balaban J connectivity index is 2.00. The lowest BCUT2D eigenvalue weighted by Gasteiger charge is -2.33. The molecule has 0 aliphatic heterocycles. The van der Waals surface area contributed by atoms with Crippen LogP contribution in [0.25, 0.3) is 0 Å². The van der Waals surface area contributed by atoms with Gasteiger partial charge in [0.15, 0.2) is 11.6 Å². The lowest BCUT2D eigenvalue weighted by Crippen LogP contribution is -2.37. The highest BCUT2D eigenvalue weighted by Crippen LogP contribution is 2.43. The monoisotopic (exact) mass is 324 g/mol. The molecule has 0 heterocycles. The van der Waals surface area contributed by atoms with Gasteiger partial charge in [0, 0.05) is 29.5 Å². The van der Waals surface area contributed by atoms with Crippen molar-refractivity contribution in [3.8, 4) is 5.75 Å². The molecule has 0 saturated carbocycles. The molecule has 0 spiro atoms.